The van der Waals surface area contributed by atoms with Crippen molar-refractivity contribution in [2.45, 2.75) is 24.2 Å². The standard InChI is InChI=1S/C13H18BrFN2O2S/c14-11-3-4-13(12(15)8-11)20(18,19)17-7-5-10-2-1-6-16-9-10/h3-4,8,10,16-17H,1-2,5-7,9H2. The maximum atomic E-state index is 13.7. The van der Waals surface area contributed by atoms with Crippen LogP contribution in [-0.4, -0.2) is 28.1 Å². The quantitative estimate of drug-likeness (QED) is 0.842. The highest BCUT2D eigenvalue weighted by atomic mass is 79.9. The highest BCUT2D eigenvalue weighted by Gasteiger charge is 2.20. The first kappa shape index (κ1) is 15.9. The first-order chi connectivity index (χ1) is 9.49. The molecule has 0 bridgehead atoms. The lowest BCUT2D eigenvalue weighted by Gasteiger charge is -2.22. The molecule has 1 aromatic carbocycles. The molecule has 2 rings (SSSR count). The molecule has 1 unspecified atom stereocenters. The van der Waals surface area contributed by atoms with Gasteiger partial charge in [0.25, 0.3) is 0 Å². The molecule has 1 fully saturated rings. The molecule has 7 heteroatoms. The fourth-order valence-electron chi connectivity index (χ4n) is 2.34. The third-order valence-electron chi connectivity index (χ3n) is 3.43. The van der Waals surface area contributed by atoms with E-state index in [-0.39, 0.29) is 4.90 Å². The second-order valence-electron chi connectivity index (χ2n) is 4.97. The van der Waals surface area contributed by atoms with E-state index in [1.54, 1.807) is 0 Å². The van der Waals surface area contributed by atoms with E-state index in [2.05, 4.69) is 26.0 Å². The van der Waals surface area contributed by atoms with E-state index < -0.39 is 15.8 Å². The zero-order valence-corrected chi connectivity index (χ0v) is 13.4. The van der Waals surface area contributed by atoms with Gasteiger partial charge in [0.1, 0.15) is 10.7 Å². The van der Waals surface area contributed by atoms with E-state index in [9.17, 15) is 12.8 Å². The van der Waals surface area contributed by atoms with Crippen molar-refractivity contribution in [1.82, 2.24) is 10.0 Å². The summed E-state index contributed by atoms with van der Waals surface area (Å²) in [6, 6.07) is 3.94. The molecular weight excluding hydrogens is 347 g/mol. The van der Waals surface area contributed by atoms with Gasteiger partial charge in [-0.3, -0.25) is 0 Å². The summed E-state index contributed by atoms with van der Waals surface area (Å²) in [5.74, 6) is -0.257. The third kappa shape index (κ3) is 4.25. The molecule has 0 radical (unpaired) electrons. The van der Waals surface area contributed by atoms with Crippen LogP contribution in [0.2, 0.25) is 0 Å². The first-order valence-electron chi connectivity index (χ1n) is 6.64. The Bertz CT molecular complexity index is 559. The Morgan fingerprint density at radius 3 is 2.90 bits per heavy atom. The van der Waals surface area contributed by atoms with Crippen LogP contribution in [-0.2, 0) is 10.0 Å². The van der Waals surface area contributed by atoms with Crippen LogP contribution in [0.4, 0.5) is 4.39 Å². The van der Waals surface area contributed by atoms with E-state index in [1.165, 1.54) is 12.1 Å². The Kier molecular flexibility index (Phi) is 5.54. The molecule has 20 heavy (non-hydrogen) atoms. The number of sulfonamides is 1. The van der Waals surface area contributed by atoms with Gasteiger partial charge in [-0.25, -0.2) is 17.5 Å². The second kappa shape index (κ2) is 6.98. The number of nitrogens with one attached hydrogen (secondary N) is 2. The van der Waals surface area contributed by atoms with Crippen LogP contribution in [0.25, 0.3) is 0 Å². The molecule has 1 aliphatic rings. The molecule has 0 spiro atoms. The Labute approximate surface area is 127 Å². The summed E-state index contributed by atoms with van der Waals surface area (Å²) in [7, 11) is -3.77. The highest BCUT2D eigenvalue weighted by molar-refractivity contribution is 9.10. The summed E-state index contributed by atoms with van der Waals surface area (Å²) in [6.07, 6.45) is 3.00. The summed E-state index contributed by atoms with van der Waals surface area (Å²) >= 11 is 3.11. The van der Waals surface area contributed by atoms with Gasteiger partial charge in [0.15, 0.2) is 0 Å². The van der Waals surface area contributed by atoms with E-state index >= 15 is 0 Å². The Hall–Kier alpha value is -0.500. The zero-order chi connectivity index (χ0) is 14.6. The van der Waals surface area contributed by atoms with Gasteiger partial charge in [0.2, 0.25) is 10.0 Å². The molecule has 0 aliphatic carbocycles. The zero-order valence-electron chi connectivity index (χ0n) is 11.0. The maximum absolute atomic E-state index is 13.7. The summed E-state index contributed by atoms with van der Waals surface area (Å²) in [6.45, 7) is 2.30. The monoisotopic (exact) mass is 364 g/mol. The van der Waals surface area contributed by atoms with E-state index in [0.717, 1.165) is 38.4 Å². The number of hydrogen-bond acceptors (Lipinski definition) is 3. The van der Waals surface area contributed by atoms with Crippen molar-refractivity contribution < 1.29 is 12.8 Å². The molecule has 1 heterocycles. The molecule has 1 saturated heterocycles. The van der Waals surface area contributed by atoms with E-state index in [4.69, 9.17) is 0 Å². The molecule has 0 saturated carbocycles. The molecule has 112 valence electrons. The van der Waals surface area contributed by atoms with Crippen molar-refractivity contribution in [3.63, 3.8) is 0 Å². The maximum Gasteiger partial charge on any atom is 0.243 e. The predicted octanol–water partition coefficient (Wildman–Crippen LogP) is 2.26. The Morgan fingerprint density at radius 2 is 2.25 bits per heavy atom. The summed E-state index contributed by atoms with van der Waals surface area (Å²) < 4.78 is 40.7. The van der Waals surface area contributed by atoms with Gasteiger partial charge in [0.05, 0.1) is 0 Å². The first-order valence-corrected chi connectivity index (χ1v) is 8.92. The normalized spacial score (nSPS) is 20.0. The van der Waals surface area contributed by atoms with E-state index in [0.29, 0.717) is 16.9 Å². The summed E-state index contributed by atoms with van der Waals surface area (Å²) in [5, 5.41) is 3.29. The minimum atomic E-state index is -3.77. The average Bonchev–Trinajstić information content (AvgIpc) is 2.39. The van der Waals surface area contributed by atoms with Crippen molar-refractivity contribution in [1.29, 1.82) is 0 Å². The largest absolute Gasteiger partial charge is 0.316 e. The smallest absolute Gasteiger partial charge is 0.243 e. The molecule has 1 aromatic rings. The van der Waals surface area contributed by atoms with Gasteiger partial charge in [-0.1, -0.05) is 15.9 Å². The van der Waals surface area contributed by atoms with E-state index in [1.807, 2.05) is 0 Å². The van der Waals surface area contributed by atoms with Gasteiger partial charge in [0, 0.05) is 11.0 Å². The summed E-state index contributed by atoms with van der Waals surface area (Å²) in [5.41, 5.74) is 0. The molecular formula is C13H18BrFN2O2S. The molecule has 0 aromatic heterocycles. The molecule has 1 aliphatic heterocycles. The molecule has 2 N–H and O–H groups in total. The van der Waals surface area contributed by atoms with Crippen LogP contribution in [0.1, 0.15) is 19.3 Å². The minimum Gasteiger partial charge on any atom is -0.316 e. The van der Waals surface area contributed by atoms with Crippen LogP contribution in [0, 0.1) is 11.7 Å². The van der Waals surface area contributed by atoms with Gasteiger partial charge in [-0.15, -0.1) is 0 Å². The molecule has 4 nitrogen and oxygen atoms in total. The number of rotatable bonds is 5. The van der Waals surface area contributed by atoms with Crippen LogP contribution in [0.5, 0.6) is 0 Å². The fourth-order valence-corrected chi connectivity index (χ4v) is 3.78. The molecule has 0 amide bonds. The van der Waals surface area contributed by atoms with Gasteiger partial charge in [-0.2, -0.15) is 0 Å². The fraction of sp³-hybridized carbons (Fsp3) is 0.538. The Morgan fingerprint density at radius 1 is 1.45 bits per heavy atom. The predicted molar refractivity (Wildman–Crippen MR) is 79.5 cm³/mol. The number of benzene rings is 1. The minimum absolute atomic E-state index is 0.303. The van der Waals surface area contributed by atoms with Gasteiger partial charge < -0.3 is 5.32 Å². The highest BCUT2D eigenvalue weighted by Crippen LogP contribution is 2.19. The number of piperidine rings is 1. The van der Waals surface area contributed by atoms with Crippen molar-refractivity contribution >= 4 is 26.0 Å². The topological polar surface area (TPSA) is 58.2 Å². The Balaban J connectivity index is 1.93. The van der Waals surface area contributed by atoms with Crippen molar-refractivity contribution in [3.05, 3.63) is 28.5 Å². The average molecular weight is 365 g/mol. The lowest BCUT2D eigenvalue weighted by atomic mass is 9.96. The van der Waals surface area contributed by atoms with Crippen LogP contribution < -0.4 is 10.0 Å². The lowest BCUT2D eigenvalue weighted by molar-refractivity contribution is 0.358. The second-order valence-corrected chi connectivity index (χ2v) is 7.62. The van der Waals surface area contributed by atoms with Crippen molar-refractivity contribution in [2.24, 2.45) is 5.92 Å². The number of halogens is 2. The van der Waals surface area contributed by atoms with Crippen LogP contribution in [0.3, 0.4) is 0 Å². The molecule has 1 atom stereocenters. The van der Waals surface area contributed by atoms with Gasteiger partial charge >= 0.3 is 0 Å². The SMILES string of the molecule is O=S(=O)(NCCC1CCCNC1)c1ccc(Br)cc1F. The van der Waals surface area contributed by atoms with Crippen molar-refractivity contribution in [3.8, 4) is 0 Å². The number of hydrogen-bond donors (Lipinski definition) is 2. The summed E-state index contributed by atoms with van der Waals surface area (Å²) in [4.78, 5) is -0.303. The van der Waals surface area contributed by atoms with Crippen molar-refractivity contribution in [2.75, 3.05) is 19.6 Å². The van der Waals surface area contributed by atoms with Crippen LogP contribution in [0.15, 0.2) is 27.6 Å². The lowest BCUT2D eigenvalue weighted by Crippen LogP contribution is -2.33. The van der Waals surface area contributed by atoms with Crippen LogP contribution >= 0.6 is 15.9 Å². The van der Waals surface area contributed by atoms with Gasteiger partial charge in [-0.05, 0) is 56.5 Å². The third-order valence-corrected chi connectivity index (χ3v) is 5.41.